The van der Waals surface area contributed by atoms with Crippen molar-refractivity contribution in [2.75, 3.05) is 19.1 Å². The van der Waals surface area contributed by atoms with Gasteiger partial charge in [0.05, 0.1) is 12.5 Å². The summed E-state index contributed by atoms with van der Waals surface area (Å²) in [5.41, 5.74) is 2.71. The first kappa shape index (κ1) is 12.2. The molecule has 1 aromatic rings. The van der Waals surface area contributed by atoms with Gasteiger partial charge in [-0.05, 0) is 36.5 Å². The Balaban J connectivity index is 1.99. The lowest BCUT2D eigenvalue weighted by atomic mass is 9.91. The van der Waals surface area contributed by atoms with E-state index in [0.29, 0.717) is 6.42 Å². The zero-order valence-corrected chi connectivity index (χ0v) is 11.2. The van der Waals surface area contributed by atoms with E-state index in [4.69, 9.17) is 4.74 Å². The van der Waals surface area contributed by atoms with Crippen molar-refractivity contribution in [3.63, 3.8) is 0 Å². The lowest BCUT2D eigenvalue weighted by molar-refractivity contribution is -0.143. The van der Waals surface area contributed by atoms with E-state index in [1.165, 1.54) is 7.11 Å². The van der Waals surface area contributed by atoms with Crippen molar-refractivity contribution in [3.05, 3.63) is 29.3 Å². The topological polar surface area (TPSA) is 46.6 Å². The maximum absolute atomic E-state index is 11.9. The van der Waals surface area contributed by atoms with Crippen molar-refractivity contribution < 1.29 is 14.3 Å². The molecule has 1 aliphatic carbocycles. The predicted molar refractivity (Wildman–Crippen MR) is 71.1 cm³/mol. The van der Waals surface area contributed by atoms with Gasteiger partial charge < -0.3 is 9.64 Å². The molecule has 1 fully saturated rings. The highest BCUT2D eigenvalue weighted by Crippen LogP contribution is 2.50. The Morgan fingerprint density at radius 1 is 1.32 bits per heavy atom. The average Bonchev–Trinajstić information content (AvgIpc) is 3.23. The lowest BCUT2D eigenvalue weighted by Gasteiger charge is -2.27. The number of benzene rings is 1. The molecule has 2 aliphatic rings. The molecule has 1 aliphatic heterocycles. The van der Waals surface area contributed by atoms with E-state index in [9.17, 15) is 9.59 Å². The van der Waals surface area contributed by atoms with Gasteiger partial charge in [0.2, 0.25) is 5.91 Å². The molecule has 4 heteroatoms. The number of ether oxygens (including phenoxy) is 1. The maximum Gasteiger partial charge on any atom is 0.316 e. The van der Waals surface area contributed by atoms with Crippen molar-refractivity contribution in [2.24, 2.45) is 0 Å². The largest absolute Gasteiger partial charge is 0.468 e. The summed E-state index contributed by atoms with van der Waals surface area (Å²) in [5.74, 6) is 0.00189. The number of anilines is 1. The van der Waals surface area contributed by atoms with Gasteiger partial charge in [0, 0.05) is 19.2 Å². The summed E-state index contributed by atoms with van der Waals surface area (Å²) in [5, 5.41) is 0. The molecule has 19 heavy (non-hydrogen) atoms. The number of nitrogens with zero attached hydrogens (tertiary/aromatic N) is 1. The van der Waals surface area contributed by atoms with Crippen LogP contribution in [0.5, 0.6) is 0 Å². The Hall–Kier alpha value is -1.84. The molecule has 1 aromatic carbocycles. The molecule has 0 radical (unpaired) electrons. The first-order chi connectivity index (χ1) is 9.08. The van der Waals surface area contributed by atoms with Gasteiger partial charge in [-0.1, -0.05) is 12.1 Å². The van der Waals surface area contributed by atoms with Crippen LogP contribution in [0.2, 0.25) is 0 Å². The number of amides is 1. The second kappa shape index (κ2) is 4.08. The standard InChI is InChI=1S/C15H17NO3/c1-16-12-5-4-11(9-10(12)3-6-13(16)17)15(7-8-15)14(18)19-2/h4-5,9H,3,6-8H2,1-2H3. The fraction of sp³-hybridized carbons (Fsp3) is 0.467. The van der Waals surface area contributed by atoms with Crippen LogP contribution in [0, 0.1) is 0 Å². The number of methoxy groups -OCH3 is 1. The van der Waals surface area contributed by atoms with Gasteiger partial charge >= 0.3 is 5.97 Å². The number of hydrogen-bond acceptors (Lipinski definition) is 3. The smallest absolute Gasteiger partial charge is 0.316 e. The number of carbonyl (C=O) groups is 2. The molecule has 100 valence electrons. The van der Waals surface area contributed by atoms with Crippen LogP contribution < -0.4 is 4.90 Å². The van der Waals surface area contributed by atoms with Gasteiger partial charge in [-0.25, -0.2) is 0 Å². The van der Waals surface area contributed by atoms with Crippen molar-refractivity contribution in [1.82, 2.24) is 0 Å². The van der Waals surface area contributed by atoms with Crippen LogP contribution in [0.25, 0.3) is 0 Å². The minimum absolute atomic E-state index is 0.146. The number of esters is 1. The van der Waals surface area contributed by atoms with Crippen LogP contribution in [0.4, 0.5) is 5.69 Å². The van der Waals surface area contributed by atoms with E-state index in [-0.39, 0.29) is 11.9 Å². The second-order valence-electron chi connectivity index (χ2n) is 5.37. The highest BCUT2D eigenvalue weighted by atomic mass is 16.5. The summed E-state index contributed by atoms with van der Waals surface area (Å²) in [6, 6.07) is 5.98. The van der Waals surface area contributed by atoms with Gasteiger partial charge in [0.15, 0.2) is 0 Å². The molecule has 4 nitrogen and oxygen atoms in total. The third kappa shape index (κ3) is 1.74. The molecule has 0 saturated heterocycles. The maximum atomic E-state index is 11.9. The molecule has 1 heterocycles. The first-order valence-electron chi connectivity index (χ1n) is 6.57. The number of hydrogen-bond donors (Lipinski definition) is 0. The third-order valence-electron chi connectivity index (χ3n) is 4.30. The lowest BCUT2D eigenvalue weighted by Crippen LogP contribution is -2.31. The summed E-state index contributed by atoms with van der Waals surface area (Å²) in [7, 11) is 3.24. The van der Waals surface area contributed by atoms with Gasteiger partial charge in [-0.15, -0.1) is 0 Å². The molecule has 3 rings (SSSR count). The zero-order chi connectivity index (χ0) is 13.6. The number of aryl methyl sites for hydroxylation is 1. The molecule has 0 spiro atoms. The average molecular weight is 259 g/mol. The van der Waals surface area contributed by atoms with E-state index in [0.717, 1.165) is 36.1 Å². The highest BCUT2D eigenvalue weighted by molar-refractivity contribution is 5.96. The summed E-state index contributed by atoms with van der Waals surface area (Å²) in [6.07, 6.45) is 3.00. The molecule has 0 N–H and O–H groups in total. The van der Waals surface area contributed by atoms with E-state index < -0.39 is 5.41 Å². The van der Waals surface area contributed by atoms with Crippen LogP contribution in [-0.2, 0) is 26.2 Å². The SMILES string of the molecule is COC(=O)C1(c2ccc3c(c2)CCC(=O)N3C)CC1. The van der Waals surface area contributed by atoms with Gasteiger partial charge in [-0.3, -0.25) is 9.59 Å². The summed E-state index contributed by atoms with van der Waals surface area (Å²) in [6.45, 7) is 0. The van der Waals surface area contributed by atoms with Crippen molar-refractivity contribution >= 4 is 17.6 Å². The molecule has 0 bridgehead atoms. The van der Waals surface area contributed by atoms with Gasteiger partial charge in [0.1, 0.15) is 0 Å². The van der Waals surface area contributed by atoms with Crippen molar-refractivity contribution in [2.45, 2.75) is 31.1 Å². The quantitative estimate of drug-likeness (QED) is 0.761. The highest BCUT2D eigenvalue weighted by Gasteiger charge is 2.52. The zero-order valence-electron chi connectivity index (χ0n) is 11.2. The minimum Gasteiger partial charge on any atom is -0.468 e. The Morgan fingerprint density at radius 3 is 2.68 bits per heavy atom. The molecule has 1 amide bonds. The summed E-state index contributed by atoms with van der Waals surface area (Å²) < 4.78 is 4.91. The summed E-state index contributed by atoms with van der Waals surface area (Å²) in [4.78, 5) is 25.2. The summed E-state index contributed by atoms with van der Waals surface area (Å²) >= 11 is 0. The number of carbonyl (C=O) groups excluding carboxylic acids is 2. The van der Waals surface area contributed by atoms with Crippen LogP contribution in [0.15, 0.2) is 18.2 Å². The fourth-order valence-corrected chi connectivity index (χ4v) is 2.89. The fourth-order valence-electron chi connectivity index (χ4n) is 2.89. The van der Waals surface area contributed by atoms with E-state index >= 15 is 0 Å². The normalized spacial score (nSPS) is 19.9. The molecule has 0 unspecified atom stereocenters. The Kier molecular flexibility index (Phi) is 2.62. The van der Waals surface area contributed by atoms with Crippen molar-refractivity contribution in [3.8, 4) is 0 Å². The van der Waals surface area contributed by atoms with Crippen molar-refractivity contribution in [1.29, 1.82) is 0 Å². The molecule has 0 aromatic heterocycles. The monoisotopic (exact) mass is 259 g/mol. The molecule has 0 atom stereocenters. The van der Waals surface area contributed by atoms with Crippen LogP contribution in [0.1, 0.15) is 30.4 Å². The minimum atomic E-state index is -0.427. The van der Waals surface area contributed by atoms with Gasteiger partial charge in [0.25, 0.3) is 0 Å². The van der Waals surface area contributed by atoms with Crippen LogP contribution in [0.3, 0.4) is 0 Å². The first-order valence-corrected chi connectivity index (χ1v) is 6.57. The van der Waals surface area contributed by atoms with E-state index in [2.05, 4.69) is 6.07 Å². The molecular formula is C15H17NO3. The predicted octanol–water partition coefficient (Wildman–Crippen LogP) is 1.80. The van der Waals surface area contributed by atoms with E-state index in [1.54, 1.807) is 11.9 Å². The van der Waals surface area contributed by atoms with Crippen LogP contribution in [-0.4, -0.2) is 26.0 Å². The molecule has 1 saturated carbocycles. The second-order valence-corrected chi connectivity index (χ2v) is 5.37. The third-order valence-corrected chi connectivity index (χ3v) is 4.30. The van der Waals surface area contributed by atoms with E-state index in [1.807, 2.05) is 12.1 Å². The Morgan fingerprint density at radius 2 is 2.05 bits per heavy atom. The van der Waals surface area contributed by atoms with Gasteiger partial charge in [-0.2, -0.15) is 0 Å². The Labute approximate surface area is 112 Å². The molecular weight excluding hydrogens is 242 g/mol. The number of fused-ring (bicyclic) bond motifs is 1. The van der Waals surface area contributed by atoms with Crippen LogP contribution >= 0.6 is 0 Å². The number of rotatable bonds is 2. The Bertz CT molecular complexity index is 561.